The van der Waals surface area contributed by atoms with E-state index in [0.29, 0.717) is 0 Å². The molecule has 0 atom stereocenters. The Labute approximate surface area is 140 Å². The first-order valence-electron chi connectivity index (χ1n) is 6.46. The van der Waals surface area contributed by atoms with E-state index in [1.807, 2.05) is 60.7 Å². The average Bonchev–Trinajstić information content (AvgIpc) is 2.53. The fraction of sp³-hybridized carbons (Fsp3) is 0. The zero-order valence-electron chi connectivity index (χ0n) is 13.7. The fourth-order valence-electron chi connectivity index (χ4n) is 1.46. The van der Waals surface area contributed by atoms with E-state index in [2.05, 4.69) is 0 Å². The molecular formula is C18H22N2O4. The third kappa shape index (κ3) is 11.4. The maximum atomic E-state index is 9.97. The number of carboxylic acid groups (broad SMARTS) is 2. The van der Waals surface area contributed by atoms with Gasteiger partial charge in [-0.15, -0.1) is 0 Å². The van der Waals surface area contributed by atoms with Crippen LogP contribution in [0.3, 0.4) is 0 Å². The average molecular weight is 330 g/mol. The third-order valence-electron chi connectivity index (χ3n) is 2.42. The number of benzene rings is 2. The Balaban J connectivity index is 0. The Hall–Kier alpha value is -3.22. The fourth-order valence-corrected chi connectivity index (χ4v) is 1.46. The van der Waals surface area contributed by atoms with Gasteiger partial charge >= 0.3 is 0 Å². The molecule has 8 N–H and O–H groups in total. The summed E-state index contributed by atoms with van der Waals surface area (Å²) in [6.45, 7) is 0. The number of aliphatic carboxylic acids is 2. The second-order valence-corrected chi connectivity index (χ2v) is 4.13. The Bertz CT molecular complexity index is 594. The molecule has 0 aliphatic carbocycles. The van der Waals surface area contributed by atoms with Crippen LogP contribution in [0.25, 0.3) is 12.2 Å². The van der Waals surface area contributed by atoms with E-state index in [9.17, 15) is 19.8 Å². The van der Waals surface area contributed by atoms with Crippen molar-refractivity contribution in [2.75, 3.05) is 0 Å². The molecule has 0 heterocycles. The summed E-state index contributed by atoms with van der Waals surface area (Å²) in [4.78, 5) is 19.9. The summed E-state index contributed by atoms with van der Waals surface area (Å²) in [7, 11) is 0. The van der Waals surface area contributed by atoms with Crippen LogP contribution in [0.4, 0.5) is 0 Å². The highest BCUT2D eigenvalue weighted by Crippen LogP contribution is 2.00. The van der Waals surface area contributed by atoms with Crippen molar-refractivity contribution in [1.29, 1.82) is 0 Å². The van der Waals surface area contributed by atoms with Crippen molar-refractivity contribution in [3.05, 3.63) is 83.9 Å². The molecule has 2 aromatic rings. The van der Waals surface area contributed by atoms with Gasteiger partial charge in [-0.3, -0.25) is 0 Å². The first-order valence-corrected chi connectivity index (χ1v) is 6.46. The lowest BCUT2D eigenvalue weighted by Crippen LogP contribution is -2.18. The topological polar surface area (TPSA) is 153 Å². The molecule has 0 radical (unpaired) electrons. The number of hydrogen-bond donors (Lipinski definition) is 2. The van der Waals surface area contributed by atoms with Gasteiger partial charge in [0.2, 0.25) is 0 Å². The number of hydrogen-bond acceptors (Lipinski definition) is 4. The molecular weight excluding hydrogens is 308 g/mol. The van der Waals surface area contributed by atoms with Crippen LogP contribution in [-0.4, -0.2) is 11.9 Å². The SMILES string of the molecule is O=C([O-])C=Cc1ccccc1.O=C([O-])C=Cc1ccccc1.[NH4+].[NH4+]. The van der Waals surface area contributed by atoms with Crippen LogP contribution in [0, 0.1) is 0 Å². The lowest BCUT2D eigenvalue weighted by molar-refractivity contribution is -0.298. The summed E-state index contributed by atoms with van der Waals surface area (Å²) in [5.41, 5.74) is 1.72. The molecule has 0 bridgehead atoms. The maximum Gasteiger partial charge on any atom is 0.0643 e. The van der Waals surface area contributed by atoms with Crippen molar-refractivity contribution >= 4 is 24.1 Å². The highest BCUT2D eigenvalue weighted by Gasteiger charge is 1.81. The molecule has 0 aromatic heterocycles. The summed E-state index contributed by atoms with van der Waals surface area (Å²) in [5, 5.41) is 19.9. The minimum absolute atomic E-state index is 0. The molecule has 2 rings (SSSR count). The van der Waals surface area contributed by atoms with Crippen LogP contribution in [0.1, 0.15) is 11.1 Å². The number of rotatable bonds is 4. The van der Waals surface area contributed by atoms with Crippen molar-refractivity contribution in [3.8, 4) is 0 Å². The van der Waals surface area contributed by atoms with Gasteiger partial charge in [0.1, 0.15) is 0 Å². The maximum absolute atomic E-state index is 9.97. The van der Waals surface area contributed by atoms with E-state index in [1.165, 1.54) is 12.2 Å². The molecule has 0 saturated carbocycles. The molecule has 0 unspecified atom stereocenters. The van der Waals surface area contributed by atoms with Crippen molar-refractivity contribution < 1.29 is 19.8 Å². The predicted molar refractivity (Wildman–Crippen MR) is 92.9 cm³/mol. The summed E-state index contributed by atoms with van der Waals surface area (Å²) >= 11 is 0. The molecule has 0 saturated heterocycles. The van der Waals surface area contributed by atoms with Crippen LogP contribution in [0.15, 0.2) is 72.8 Å². The molecule has 0 aliphatic heterocycles. The van der Waals surface area contributed by atoms with Crippen molar-refractivity contribution in [2.45, 2.75) is 0 Å². The van der Waals surface area contributed by atoms with E-state index in [1.54, 1.807) is 0 Å². The molecule has 0 spiro atoms. The molecule has 24 heavy (non-hydrogen) atoms. The number of quaternary nitrogens is 2. The quantitative estimate of drug-likeness (QED) is 0.818. The Morgan fingerprint density at radius 2 is 0.917 bits per heavy atom. The molecule has 128 valence electrons. The van der Waals surface area contributed by atoms with E-state index < -0.39 is 11.9 Å². The largest absolute Gasteiger partial charge is 0.545 e. The number of carbonyl (C=O) groups excluding carboxylic acids is 2. The van der Waals surface area contributed by atoms with Crippen LogP contribution in [-0.2, 0) is 9.59 Å². The summed E-state index contributed by atoms with van der Waals surface area (Å²) in [5.74, 6) is -2.34. The normalized spacial score (nSPS) is 9.33. The van der Waals surface area contributed by atoms with Crippen LogP contribution < -0.4 is 22.5 Å². The van der Waals surface area contributed by atoms with Crippen molar-refractivity contribution in [1.82, 2.24) is 12.3 Å². The lowest BCUT2D eigenvalue weighted by Gasteiger charge is -1.91. The molecule has 0 aliphatic rings. The zero-order valence-corrected chi connectivity index (χ0v) is 13.7. The van der Waals surface area contributed by atoms with Gasteiger partial charge in [0.15, 0.2) is 0 Å². The van der Waals surface area contributed by atoms with Crippen molar-refractivity contribution in [3.63, 3.8) is 0 Å². The first-order chi connectivity index (χ1) is 10.6. The van der Waals surface area contributed by atoms with Gasteiger partial charge in [-0.05, 0) is 23.3 Å². The van der Waals surface area contributed by atoms with Crippen LogP contribution in [0.2, 0.25) is 0 Å². The van der Waals surface area contributed by atoms with Crippen LogP contribution >= 0.6 is 0 Å². The van der Waals surface area contributed by atoms with E-state index in [4.69, 9.17) is 0 Å². The smallest absolute Gasteiger partial charge is 0.0643 e. The minimum atomic E-state index is -1.17. The van der Waals surface area contributed by atoms with Gasteiger partial charge < -0.3 is 32.1 Å². The highest BCUT2D eigenvalue weighted by atomic mass is 16.4. The van der Waals surface area contributed by atoms with E-state index in [0.717, 1.165) is 23.3 Å². The van der Waals surface area contributed by atoms with Gasteiger partial charge in [-0.1, -0.05) is 72.8 Å². The standard InChI is InChI=1S/2C9H8O2.2H3N/c2*10-9(11)7-6-8-4-2-1-3-5-8;;/h2*1-7H,(H,10,11);2*1H3. The van der Waals surface area contributed by atoms with Gasteiger partial charge in [-0.25, -0.2) is 0 Å². The molecule has 0 amide bonds. The zero-order chi connectivity index (χ0) is 16.2. The van der Waals surface area contributed by atoms with Gasteiger partial charge in [0.25, 0.3) is 0 Å². The monoisotopic (exact) mass is 330 g/mol. The Morgan fingerprint density at radius 1 is 0.625 bits per heavy atom. The lowest BCUT2D eigenvalue weighted by atomic mass is 10.2. The van der Waals surface area contributed by atoms with E-state index in [-0.39, 0.29) is 12.3 Å². The third-order valence-corrected chi connectivity index (χ3v) is 2.42. The summed E-state index contributed by atoms with van der Waals surface area (Å²) < 4.78 is 0. The van der Waals surface area contributed by atoms with Gasteiger partial charge in [0, 0.05) is 0 Å². The highest BCUT2D eigenvalue weighted by molar-refractivity contribution is 5.83. The van der Waals surface area contributed by atoms with Gasteiger partial charge in [0.05, 0.1) is 11.9 Å². The first kappa shape index (κ1) is 23.1. The second-order valence-electron chi connectivity index (χ2n) is 4.13. The predicted octanol–water partition coefficient (Wildman–Crippen LogP) is 1.65. The minimum Gasteiger partial charge on any atom is -0.545 e. The Morgan fingerprint density at radius 3 is 1.17 bits per heavy atom. The number of carbonyl (C=O) groups is 2. The van der Waals surface area contributed by atoms with Gasteiger partial charge in [-0.2, -0.15) is 0 Å². The van der Waals surface area contributed by atoms with Crippen LogP contribution in [0.5, 0.6) is 0 Å². The Kier molecular flexibility index (Phi) is 12.9. The summed E-state index contributed by atoms with van der Waals surface area (Å²) in [6, 6.07) is 18.4. The molecule has 6 nitrogen and oxygen atoms in total. The second kappa shape index (κ2) is 13.4. The molecule has 0 fully saturated rings. The molecule has 2 aromatic carbocycles. The number of carboxylic acids is 2. The van der Waals surface area contributed by atoms with E-state index >= 15 is 0 Å². The molecule has 6 heteroatoms. The summed E-state index contributed by atoms with van der Waals surface area (Å²) in [6.07, 6.45) is 5.01. The van der Waals surface area contributed by atoms with Crippen molar-refractivity contribution in [2.24, 2.45) is 0 Å².